The summed E-state index contributed by atoms with van der Waals surface area (Å²) in [6, 6.07) is 17.1. The molecule has 27 heavy (non-hydrogen) atoms. The van der Waals surface area contributed by atoms with Gasteiger partial charge in [0.25, 0.3) is 0 Å². The maximum atomic E-state index is 5.69. The molecule has 0 saturated heterocycles. The molecule has 2 heterocycles. The number of ether oxygens (including phenoxy) is 1. The molecule has 0 amide bonds. The lowest BCUT2D eigenvalue weighted by atomic mass is 10.1. The Morgan fingerprint density at radius 3 is 2.70 bits per heavy atom. The van der Waals surface area contributed by atoms with Crippen molar-refractivity contribution in [1.82, 2.24) is 0 Å². The van der Waals surface area contributed by atoms with E-state index in [0.29, 0.717) is 6.61 Å². The standard InChI is InChI=1S/C22H23N2OS.HI/c1-4-24-20-15-17(25-5-2)10-11-21(20)26-22(24)14-16-12-13-23(3)19-9-7-6-8-18(16)19;/h6-15H,4-5H2,1-3H3;1H/q+1;/p-1. The van der Waals surface area contributed by atoms with Crippen molar-refractivity contribution in [3.05, 3.63) is 65.3 Å². The molecule has 0 unspecified atom stereocenters. The Morgan fingerprint density at radius 2 is 1.93 bits per heavy atom. The number of hydrogen-bond acceptors (Lipinski definition) is 3. The molecule has 5 heteroatoms. The fourth-order valence-electron chi connectivity index (χ4n) is 3.42. The summed E-state index contributed by atoms with van der Waals surface area (Å²) in [4.78, 5) is 3.65. The predicted octanol–water partition coefficient (Wildman–Crippen LogP) is 2.00. The lowest BCUT2D eigenvalue weighted by Gasteiger charge is -2.18. The Bertz CT molecular complexity index is 1000. The molecule has 0 fully saturated rings. The van der Waals surface area contributed by atoms with Gasteiger partial charge in [-0.1, -0.05) is 23.9 Å². The molecule has 0 spiro atoms. The van der Waals surface area contributed by atoms with Crippen LogP contribution in [0.25, 0.3) is 17.0 Å². The minimum absolute atomic E-state index is 0. The van der Waals surface area contributed by atoms with Crippen LogP contribution < -0.4 is 38.2 Å². The first-order chi connectivity index (χ1) is 12.7. The van der Waals surface area contributed by atoms with Crippen molar-refractivity contribution in [2.75, 3.05) is 18.1 Å². The number of pyridine rings is 1. The van der Waals surface area contributed by atoms with Gasteiger partial charge in [-0.3, -0.25) is 0 Å². The van der Waals surface area contributed by atoms with Gasteiger partial charge in [-0.25, -0.2) is 4.57 Å². The molecular formula is C22H23IN2OS. The molecule has 0 saturated carbocycles. The molecule has 0 radical (unpaired) electrons. The molecule has 1 aromatic heterocycles. The molecule has 4 rings (SSSR count). The molecule has 3 nitrogen and oxygen atoms in total. The third-order valence-electron chi connectivity index (χ3n) is 4.68. The third kappa shape index (κ3) is 3.80. The summed E-state index contributed by atoms with van der Waals surface area (Å²) in [5, 5.41) is 2.53. The van der Waals surface area contributed by atoms with Crippen LogP contribution in [0.4, 0.5) is 5.69 Å². The van der Waals surface area contributed by atoms with E-state index in [9.17, 15) is 0 Å². The van der Waals surface area contributed by atoms with Crippen molar-refractivity contribution in [2.24, 2.45) is 7.05 Å². The number of anilines is 1. The second kappa shape index (κ2) is 8.52. The van der Waals surface area contributed by atoms with Crippen molar-refractivity contribution in [2.45, 2.75) is 18.7 Å². The number of nitrogens with zero attached hydrogens (tertiary/aromatic N) is 2. The van der Waals surface area contributed by atoms with Crippen LogP contribution in [0, 0.1) is 0 Å². The highest BCUT2D eigenvalue weighted by Gasteiger charge is 2.25. The van der Waals surface area contributed by atoms with Crippen LogP contribution in [-0.4, -0.2) is 13.2 Å². The van der Waals surface area contributed by atoms with E-state index in [1.54, 1.807) is 0 Å². The molecule has 140 valence electrons. The van der Waals surface area contributed by atoms with Crippen molar-refractivity contribution in [1.29, 1.82) is 0 Å². The monoisotopic (exact) mass is 490 g/mol. The first-order valence-corrected chi connectivity index (χ1v) is 9.84. The summed E-state index contributed by atoms with van der Waals surface area (Å²) < 4.78 is 7.86. The third-order valence-corrected chi connectivity index (χ3v) is 5.79. The van der Waals surface area contributed by atoms with Crippen LogP contribution in [0.3, 0.4) is 0 Å². The summed E-state index contributed by atoms with van der Waals surface area (Å²) in [6.45, 7) is 5.83. The normalized spacial score (nSPS) is 14.3. The van der Waals surface area contributed by atoms with Gasteiger partial charge in [-0.2, -0.15) is 0 Å². The van der Waals surface area contributed by atoms with Crippen molar-refractivity contribution < 1.29 is 33.3 Å². The zero-order chi connectivity index (χ0) is 18.1. The number of aromatic nitrogens is 1. The number of rotatable bonds is 4. The van der Waals surface area contributed by atoms with Crippen LogP contribution >= 0.6 is 11.8 Å². The average Bonchev–Trinajstić information content (AvgIpc) is 3.01. The fraction of sp³-hybridized carbons (Fsp3) is 0.227. The van der Waals surface area contributed by atoms with E-state index >= 15 is 0 Å². The highest BCUT2D eigenvalue weighted by atomic mass is 127. The molecule has 3 aromatic rings. The van der Waals surface area contributed by atoms with Crippen LogP contribution in [0.5, 0.6) is 5.75 Å². The minimum Gasteiger partial charge on any atom is -1.00 e. The summed E-state index contributed by atoms with van der Waals surface area (Å²) in [7, 11) is 2.09. The first kappa shape index (κ1) is 20.0. The molecular weight excluding hydrogens is 467 g/mol. The topological polar surface area (TPSA) is 16.4 Å². The van der Waals surface area contributed by atoms with Gasteiger partial charge in [0.2, 0.25) is 5.52 Å². The maximum absolute atomic E-state index is 5.69. The molecule has 0 atom stereocenters. The van der Waals surface area contributed by atoms with Crippen molar-refractivity contribution in [3.8, 4) is 5.75 Å². The van der Waals surface area contributed by atoms with Gasteiger partial charge in [0.15, 0.2) is 6.20 Å². The zero-order valence-corrected chi connectivity index (χ0v) is 18.8. The van der Waals surface area contributed by atoms with Gasteiger partial charge in [0.05, 0.1) is 22.7 Å². The van der Waals surface area contributed by atoms with Gasteiger partial charge in [0, 0.05) is 29.6 Å². The molecule has 1 aliphatic rings. The highest BCUT2D eigenvalue weighted by molar-refractivity contribution is 8.03. The molecule has 2 aromatic carbocycles. The molecule has 1 aliphatic heterocycles. The van der Waals surface area contributed by atoms with Crippen molar-refractivity contribution >= 4 is 34.4 Å². The number of aryl methyl sites for hydroxylation is 1. The Morgan fingerprint density at radius 1 is 1.11 bits per heavy atom. The number of hydrogen-bond donors (Lipinski definition) is 0. The summed E-state index contributed by atoms with van der Waals surface area (Å²) in [5.41, 5.74) is 3.72. The maximum Gasteiger partial charge on any atom is 0.212 e. The number of halogens is 1. The number of thioether (sulfide) groups is 1. The quantitative estimate of drug-likeness (QED) is 0.412. The van der Waals surface area contributed by atoms with Gasteiger partial charge in [-0.15, -0.1) is 0 Å². The first-order valence-electron chi connectivity index (χ1n) is 9.02. The summed E-state index contributed by atoms with van der Waals surface area (Å²) in [5.74, 6) is 0.934. The number of fused-ring (bicyclic) bond motifs is 2. The number of para-hydroxylation sites is 1. The van der Waals surface area contributed by atoms with E-state index in [2.05, 4.69) is 84.2 Å². The SMILES string of the molecule is CCOc1ccc2c(c1)N(CC)/C(=C/c1cc[n+](C)c3ccccc13)S2.[I-]. The summed E-state index contributed by atoms with van der Waals surface area (Å²) in [6.07, 6.45) is 4.43. The van der Waals surface area contributed by atoms with Crippen LogP contribution in [0.15, 0.2) is 64.7 Å². The Labute approximate surface area is 182 Å². The van der Waals surface area contributed by atoms with E-state index in [4.69, 9.17) is 4.74 Å². The van der Waals surface area contributed by atoms with E-state index in [1.807, 2.05) is 18.7 Å². The van der Waals surface area contributed by atoms with E-state index in [-0.39, 0.29) is 24.0 Å². The second-order valence-corrected chi connectivity index (χ2v) is 7.35. The van der Waals surface area contributed by atoms with Crippen LogP contribution in [-0.2, 0) is 7.05 Å². The van der Waals surface area contributed by atoms with E-state index in [1.165, 1.54) is 32.1 Å². The predicted molar refractivity (Wildman–Crippen MR) is 110 cm³/mol. The zero-order valence-electron chi connectivity index (χ0n) is 15.8. The fourth-order valence-corrected chi connectivity index (χ4v) is 4.58. The number of benzene rings is 2. The molecule has 0 N–H and O–H groups in total. The van der Waals surface area contributed by atoms with E-state index in [0.717, 1.165) is 12.3 Å². The van der Waals surface area contributed by atoms with E-state index < -0.39 is 0 Å². The van der Waals surface area contributed by atoms with Crippen molar-refractivity contribution in [3.63, 3.8) is 0 Å². The lowest BCUT2D eigenvalue weighted by molar-refractivity contribution is -0.644. The van der Waals surface area contributed by atoms with Gasteiger partial charge >= 0.3 is 0 Å². The highest BCUT2D eigenvalue weighted by Crippen LogP contribution is 2.48. The Kier molecular flexibility index (Phi) is 6.32. The minimum atomic E-state index is 0. The van der Waals surface area contributed by atoms with Gasteiger partial charge in [-0.05, 0) is 43.7 Å². The molecule has 0 bridgehead atoms. The lowest BCUT2D eigenvalue weighted by Crippen LogP contribution is -3.00. The molecule has 0 aliphatic carbocycles. The summed E-state index contributed by atoms with van der Waals surface area (Å²) >= 11 is 1.83. The Balaban J connectivity index is 0.00000210. The smallest absolute Gasteiger partial charge is 0.212 e. The van der Waals surface area contributed by atoms with Gasteiger partial charge < -0.3 is 33.6 Å². The average molecular weight is 490 g/mol. The van der Waals surface area contributed by atoms with Gasteiger partial charge in [0.1, 0.15) is 12.8 Å². The Hall–Kier alpha value is -1.73. The second-order valence-electron chi connectivity index (χ2n) is 6.29. The van der Waals surface area contributed by atoms with Crippen LogP contribution in [0.2, 0.25) is 0 Å². The van der Waals surface area contributed by atoms with Crippen LogP contribution in [0.1, 0.15) is 19.4 Å². The largest absolute Gasteiger partial charge is 1.00 e.